The molecule has 0 aromatic carbocycles. The molecule has 18 heavy (non-hydrogen) atoms. The average Bonchev–Trinajstić information content (AvgIpc) is 2.12. The lowest BCUT2D eigenvalue weighted by atomic mass is 10.4. The number of carbonyl (C=O) groups excluding carboxylic acids is 1. The van der Waals surface area contributed by atoms with Crippen molar-refractivity contribution in [3.05, 3.63) is 0 Å². The molecule has 108 valence electrons. The smallest absolute Gasteiger partial charge is 0.318 e. The summed E-state index contributed by atoms with van der Waals surface area (Å²) >= 11 is 0. The van der Waals surface area contributed by atoms with Crippen LogP contribution in [-0.2, 0) is 34.0 Å². The summed E-state index contributed by atoms with van der Waals surface area (Å²) in [7, 11) is -13.4. The predicted molar refractivity (Wildman–Crippen MR) is 37.1 cm³/mol. The molecule has 0 heterocycles. The highest BCUT2D eigenvalue weighted by atomic mass is 32.3. The van der Waals surface area contributed by atoms with E-state index in [1.165, 1.54) is 0 Å². The minimum atomic E-state index is -7.31. The Bertz CT molecular complexity index is 532. The molecule has 0 aromatic rings. The van der Waals surface area contributed by atoms with Crippen molar-refractivity contribution in [1.82, 2.24) is 0 Å². The third-order valence-electron chi connectivity index (χ3n) is 1.22. The Morgan fingerprint density at radius 3 is 1.61 bits per heavy atom. The zero-order valence-corrected chi connectivity index (χ0v) is 9.08. The van der Waals surface area contributed by atoms with Gasteiger partial charge in [0.25, 0.3) is 0 Å². The Morgan fingerprint density at radius 2 is 1.39 bits per heavy atom. The highest BCUT2D eigenvalue weighted by Crippen LogP contribution is 2.40. The monoisotopic (exact) mass is 326 g/mol. The fourth-order valence-corrected chi connectivity index (χ4v) is 1.41. The van der Waals surface area contributed by atoms with Gasteiger partial charge in [0.2, 0.25) is 0 Å². The zero-order chi connectivity index (χ0) is 15.0. The molecule has 0 spiro atoms. The lowest BCUT2D eigenvalue weighted by Gasteiger charge is -2.20. The third kappa shape index (κ3) is 3.02. The van der Waals surface area contributed by atoms with E-state index in [1.54, 1.807) is 4.39 Å². The molecule has 0 rings (SSSR count). The summed E-state index contributed by atoms with van der Waals surface area (Å²) in [4.78, 5) is 10.4. The van der Waals surface area contributed by atoms with E-state index in [0.717, 1.165) is 0 Å². The second-order valence-corrected chi connectivity index (χ2v) is 4.92. The predicted octanol–water partition coefficient (Wildman–Crippen LogP) is 0.203. The van der Waals surface area contributed by atoms with Crippen molar-refractivity contribution in [2.45, 2.75) is 11.2 Å². The first kappa shape index (κ1) is 16.9. The molecule has 0 saturated carbocycles. The average molecular weight is 326 g/mol. The number of hydrogen-bond donors (Lipinski definition) is 0. The summed E-state index contributed by atoms with van der Waals surface area (Å²) < 4.78 is 116. The number of rotatable bonds is 4. The Balaban J connectivity index is 5.77. The van der Waals surface area contributed by atoms with Crippen LogP contribution in [0.2, 0.25) is 0 Å². The quantitative estimate of drug-likeness (QED) is 0.537. The van der Waals surface area contributed by atoms with E-state index in [1.807, 2.05) is 0 Å². The molecule has 0 aromatic heterocycles. The third-order valence-corrected chi connectivity index (χ3v) is 2.80. The number of hydrogen-bond acceptors (Lipinski definition) is 7. The van der Waals surface area contributed by atoms with Crippen molar-refractivity contribution in [2.24, 2.45) is 0 Å². The molecular formula is C3F6O7S2. The molecule has 1 unspecified atom stereocenters. The summed E-state index contributed by atoms with van der Waals surface area (Å²) in [5.74, 6) is -3.80. The Labute approximate surface area is 94.7 Å². The Kier molecular flexibility index (Phi) is 4.27. The normalized spacial score (nSPS) is 17.0. The fourth-order valence-electron chi connectivity index (χ4n) is 0.513. The molecule has 0 aliphatic heterocycles. The molecule has 7 nitrogen and oxygen atoms in total. The first-order valence-corrected chi connectivity index (χ1v) is 5.89. The van der Waals surface area contributed by atoms with Crippen LogP contribution in [0, 0.1) is 0 Å². The van der Waals surface area contributed by atoms with Crippen LogP contribution >= 0.6 is 0 Å². The van der Waals surface area contributed by atoms with Crippen molar-refractivity contribution in [1.29, 1.82) is 0 Å². The van der Waals surface area contributed by atoms with Crippen molar-refractivity contribution in [2.75, 3.05) is 0 Å². The van der Waals surface area contributed by atoms with Gasteiger partial charge in [-0.05, 0) is 8.91 Å². The van der Waals surface area contributed by atoms with Gasteiger partial charge >= 0.3 is 37.8 Å². The van der Waals surface area contributed by atoms with Gasteiger partial charge in [-0.1, -0.05) is 0 Å². The van der Waals surface area contributed by atoms with Gasteiger partial charge in [-0.3, -0.25) is 0 Å². The van der Waals surface area contributed by atoms with Crippen LogP contribution < -0.4 is 0 Å². The van der Waals surface area contributed by atoms with Crippen LogP contribution in [0.4, 0.5) is 26.0 Å². The summed E-state index contributed by atoms with van der Waals surface area (Å²) in [5, 5.41) is -6.34. The van der Waals surface area contributed by atoms with Gasteiger partial charge in [0.05, 0.1) is 0 Å². The lowest BCUT2D eigenvalue weighted by molar-refractivity contribution is -0.209. The molecule has 0 aliphatic carbocycles. The minimum Gasteiger partial charge on any atom is -0.318 e. The van der Waals surface area contributed by atoms with Crippen molar-refractivity contribution in [3.8, 4) is 0 Å². The number of carbonyl (C=O) groups is 1. The van der Waals surface area contributed by atoms with Gasteiger partial charge < -0.3 is 4.18 Å². The fraction of sp³-hybridized carbons (Fsp3) is 0.667. The van der Waals surface area contributed by atoms with Gasteiger partial charge in [-0.15, -0.1) is 3.89 Å². The van der Waals surface area contributed by atoms with Gasteiger partial charge in [0, 0.05) is 0 Å². The standard InChI is InChI=1S/C3F6O7S2/c4-2(3(5,6)7,17(9,11)12)1(10)15-18(13,14)16-8. The van der Waals surface area contributed by atoms with E-state index >= 15 is 0 Å². The molecule has 0 aliphatic rings. The highest BCUT2D eigenvalue weighted by molar-refractivity contribution is 7.88. The lowest BCUT2D eigenvalue weighted by Crippen LogP contribution is -2.54. The van der Waals surface area contributed by atoms with Crippen LogP contribution in [-0.4, -0.2) is 34.0 Å². The molecule has 15 heteroatoms. The van der Waals surface area contributed by atoms with E-state index in [0.29, 0.717) is 0 Å². The SMILES string of the molecule is O=C(OS(=O)(=O)OF)C(F)(C(F)(F)F)S(=O)(=O)F. The zero-order valence-electron chi connectivity index (χ0n) is 7.44. The van der Waals surface area contributed by atoms with Crippen molar-refractivity contribution < 1.29 is 56.2 Å². The van der Waals surface area contributed by atoms with E-state index in [4.69, 9.17) is 0 Å². The summed E-state index contributed by atoms with van der Waals surface area (Å²) in [5.41, 5.74) is 0. The van der Waals surface area contributed by atoms with Crippen LogP contribution in [0.1, 0.15) is 0 Å². The molecule has 0 amide bonds. The molecule has 1 atom stereocenters. The Morgan fingerprint density at radius 1 is 1.00 bits per heavy atom. The summed E-state index contributed by atoms with van der Waals surface area (Å²) in [6.45, 7) is 0. The molecule has 0 fully saturated rings. The maximum Gasteiger partial charge on any atom is 0.483 e. The highest BCUT2D eigenvalue weighted by Gasteiger charge is 2.74. The largest absolute Gasteiger partial charge is 0.483 e. The summed E-state index contributed by atoms with van der Waals surface area (Å²) in [6.07, 6.45) is -6.72. The Hall–Kier alpha value is -1.09. The second kappa shape index (κ2) is 4.54. The van der Waals surface area contributed by atoms with Gasteiger partial charge in [0.1, 0.15) is 0 Å². The first-order chi connectivity index (χ1) is 7.69. The van der Waals surface area contributed by atoms with Gasteiger partial charge in [0.15, 0.2) is 0 Å². The molecule has 0 saturated heterocycles. The minimum absolute atomic E-state index is 1.81. The van der Waals surface area contributed by atoms with Crippen molar-refractivity contribution in [3.63, 3.8) is 0 Å². The topological polar surface area (TPSA) is 104 Å². The number of alkyl halides is 4. The number of halogens is 6. The molecule has 0 radical (unpaired) electrons. The van der Waals surface area contributed by atoms with E-state index in [-0.39, 0.29) is 0 Å². The molecule has 0 bridgehead atoms. The van der Waals surface area contributed by atoms with E-state index < -0.39 is 37.8 Å². The van der Waals surface area contributed by atoms with E-state index in [2.05, 4.69) is 4.18 Å². The van der Waals surface area contributed by atoms with Gasteiger partial charge in [-0.25, -0.2) is 9.18 Å². The second-order valence-electron chi connectivity index (χ2n) is 2.37. The van der Waals surface area contributed by atoms with Gasteiger partial charge in [-0.2, -0.15) is 30.0 Å². The summed E-state index contributed by atoms with van der Waals surface area (Å²) in [6, 6.07) is 0. The van der Waals surface area contributed by atoms with Crippen molar-refractivity contribution >= 4 is 26.6 Å². The van der Waals surface area contributed by atoms with Crippen LogP contribution in [0.5, 0.6) is 0 Å². The maximum atomic E-state index is 12.9. The maximum absolute atomic E-state index is 12.9. The molecule has 0 N–H and O–H groups in total. The first-order valence-electron chi connectivity index (χ1n) is 3.18. The van der Waals surface area contributed by atoms with Crippen LogP contribution in [0.25, 0.3) is 0 Å². The molecular weight excluding hydrogens is 326 g/mol. The van der Waals surface area contributed by atoms with E-state index in [9.17, 15) is 47.6 Å². The van der Waals surface area contributed by atoms with Crippen LogP contribution in [0.15, 0.2) is 0 Å². The van der Waals surface area contributed by atoms with Crippen LogP contribution in [0.3, 0.4) is 0 Å².